The molecule has 0 aromatic carbocycles. The molecular formula is C14H24N2O2. The topological polar surface area (TPSA) is 43.2 Å². The Morgan fingerprint density at radius 2 is 1.50 bits per heavy atom. The molecule has 0 fully saturated rings. The zero-order valence-electron chi connectivity index (χ0n) is 12.3. The molecule has 2 aliphatic heterocycles. The Labute approximate surface area is 109 Å². The number of ether oxygens (including phenoxy) is 2. The van der Waals surface area contributed by atoms with E-state index in [1.807, 2.05) is 0 Å². The number of nitrogens with zero attached hydrogens (tertiary/aromatic N) is 2. The van der Waals surface area contributed by atoms with Crippen molar-refractivity contribution in [3.05, 3.63) is 0 Å². The van der Waals surface area contributed by atoms with Crippen LogP contribution >= 0.6 is 0 Å². The number of hydrogen-bond acceptors (Lipinski definition) is 4. The second-order valence-electron chi connectivity index (χ2n) is 6.85. The number of rotatable bonds is 2. The largest absolute Gasteiger partial charge is 0.478 e. The van der Waals surface area contributed by atoms with Crippen molar-refractivity contribution in [1.82, 2.24) is 0 Å². The van der Waals surface area contributed by atoms with Gasteiger partial charge in [0.15, 0.2) is 11.8 Å². The molecule has 18 heavy (non-hydrogen) atoms. The SMILES string of the molecule is C[C@H]1COC(C(C)(C)C2=NC(C(C)(C)C)CO2)=N1. The summed E-state index contributed by atoms with van der Waals surface area (Å²) in [4.78, 5) is 9.26. The van der Waals surface area contributed by atoms with Crippen molar-refractivity contribution in [3.63, 3.8) is 0 Å². The average molecular weight is 252 g/mol. The third-order valence-corrected chi connectivity index (χ3v) is 3.52. The smallest absolute Gasteiger partial charge is 0.199 e. The molecule has 2 aliphatic rings. The molecule has 102 valence electrons. The van der Waals surface area contributed by atoms with Gasteiger partial charge in [-0.15, -0.1) is 0 Å². The predicted octanol–water partition coefficient (Wildman–Crippen LogP) is 2.67. The van der Waals surface area contributed by atoms with Crippen molar-refractivity contribution >= 4 is 11.8 Å². The zero-order valence-corrected chi connectivity index (χ0v) is 12.3. The fourth-order valence-corrected chi connectivity index (χ4v) is 2.07. The first-order chi connectivity index (χ1) is 8.21. The predicted molar refractivity (Wildman–Crippen MR) is 73.3 cm³/mol. The third-order valence-electron chi connectivity index (χ3n) is 3.52. The minimum Gasteiger partial charge on any atom is -0.478 e. The lowest BCUT2D eigenvalue weighted by molar-refractivity contribution is 0.222. The van der Waals surface area contributed by atoms with E-state index in [0.717, 1.165) is 11.8 Å². The summed E-state index contributed by atoms with van der Waals surface area (Å²) >= 11 is 0. The van der Waals surface area contributed by atoms with Crippen molar-refractivity contribution in [3.8, 4) is 0 Å². The van der Waals surface area contributed by atoms with Gasteiger partial charge in [0.25, 0.3) is 0 Å². The van der Waals surface area contributed by atoms with Crippen LogP contribution in [0.15, 0.2) is 9.98 Å². The highest BCUT2D eigenvalue weighted by Crippen LogP contribution is 2.33. The van der Waals surface area contributed by atoms with Crippen molar-refractivity contribution in [2.75, 3.05) is 13.2 Å². The molecule has 0 N–H and O–H groups in total. The van der Waals surface area contributed by atoms with E-state index in [1.54, 1.807) is 0 Å². The summed E-state index contributed by atoms with van der Waals surface area (Å²) in [5.41, 5.74) is -0.228. The van der Waals surface area contributed by atoms with Gasteiger partial charge in [0.2, 0.25) is 0 Å². The standard InChI is InChI=1S/C14H24N2O2/c1-9-7-17-11(15-9)14(5,6)12-16-10(8-18-12)13(2,3)4/h9-10H,7-8H2,1-6H3/t9-,10?/m0/s1. The van der Waals surface area contributed by atoms with Crippen LogP contribution in [0, 0.1) is 10.8 Å². The first-order valence-electron chi connectivity index (χ1n) is 6.63. The summed E-state index contributed by atoms with van der Waals surface area (Å²) in [6.07, 6.45) is 0. The Bertz CT molecular complexity index is 391. The first kappa shape index (κ1) is 13.4. The van der Waals surface area contributed by atoms with Gasteiger partial charge < -0.3 is 9.47 Å². The lowest BCUT2D eigenvalue weighted by Gasteiger charge is -2.23. The molecule has 0 bridgehead atoms. The van der Waals surface area contributed by atoms with Gasteiger partial charge in [0.1, 0.15) is 18.6 Å². The second-order valence-corrected chi connectivity index (χ2v) is 6.85. The molecule has 2 rings (SSSR count). The maximum atomic E-state index is 5.79. The summed E-state index contributed by atoms with van der Waals surface area (Å²) in [5, 5.41) is 0. The highest BCUT2D eigenvalue weighted by Gasteiger charge is 2.42. The lowest BCUT2D eigenvalue weighted by atomic mass is 9.88. The van der Waals surface area contributed by atoms with Crippen molar-refractivity contribution in [1.29, 1.82) is 0 Å². The van der Waals surface area contributed by atoms with E-state index in [9.17, 15) is 0 Å². The van der Waals surface area contributed by atoms with Crippen LogP contribution in [-0.2, 0) is 9.47 Å². The molecule has 1 unspecified atom stereocenters. The van der Waals surface area contributed by atoms with Crippen LogP contribution in [0.2, 0.25) is 0 Å². The van der Waals surface area contributed by atoms with E-state index in [2.05, 4.69) is 46.5 Å². The zero-order chi connectivity index (χ0) is 13.6. The van der Waals surface area contributed by atoms with E-state index < -0.39 is 0 Å². The third kappa shape index (κ3) is 2.38. The van der Waals surface area contributed by atoms with Gasteiger partial charge in [-0.1, -0.05) is 20.8 Å². The maximum absolute atomic E-state index is 5.79. The van der Waals surface area contributed by atoms with Gasteiger partial charge in [-0.2, -0.15) is 0 Å². The van der Waals surface area contributed by atoms with Gasteiger partial charge in [-0.3, -0.25) is 0 Å². The fraction of sp³-hybridized carbons (Fsp3) is 0.857. The quantitative estimate of drug-likeness (QED) is 0.758. The molecule has 2 atom stereocenters. The van der Waals surface area contributed by atoms with Gasteiger partial charge in [0.05, 0.1) is 12.1 Å². The molecule has 0 spiro atoms. The Balaban J connectivity index is 2.19. The van der Waals surface area contributed by atoms with E-state index in [0.29, 0.717) is 13.2 Å². The number of aliphatic imine (C=N–C) groups is 2. The van der Waals surface area contributed by atoms with Gasteiger partial charge >= 0.3 is 0 Å². The van der Waals surface area contributed by atoms with Crippen LogP contribution in [0.4, 0.5) is 0 Å². The summed E-state index contributed by atoms with van der Waals surface area (Å²) < 4.78 is 11.4. The molecule has 0 saturated heterocycles. The molecule has 0 amide bonds. The van der Waals surface area contributed by atoms with Crippen LogP contribution in [0.3, 0.4) is 0 Å². The van der Waals surface area contributed by atoms with Crippen LogP contribution in [0.5, 0.6) is 0 Å². The van der Waals surface area contributed by atoms with E-state index in [4.69, 9.17) is 14.5 Å². The van der Waals surface area contributed by atoms with Crippen LogP contribution < -0.4 is 0 Å². The molecule has 0 aromatic rings. The minimum atomic E-state index is -0.356. The van der Waals surface area contributed by atoms with Gasteiger partial charge in [-0.05, 0) is 26.2 Å². The van der Waals surface area contributed by atoms with Gasteiger partial charge in [0, 0.05) is 0 Å². The highest BCUT2D eigenvalue weighted by atomic mass is 16.5. The summed E-state index contributed by atoms with van der Waals surface area (Å²) in [5.74, 6) is 1.51. The van der Waals surface area contributed by atoms with Crippen LogP contribution in [0.25, 0.3) is 0 Å². The molecular weight excluding hydrogens is 228 g/mol. The van der Waals surface area contributed by atoms with Gasteiger partial charge in [-0.25, -0.2) is 9.98 Å². The maximum Gasteiger partial charge on any atom is 0.199 e. The Morgan fingerprint density at radius 1 is 0.944 bits per heavy atom. The Hall–Kier alpha value is -1.06. The minimum absolute atomic E-state index is 0.128. The summed E-state index contributed by atoms with van der Waals surface area (Å²) in [6.45, 7) is 14.1. The van der Waals surface area contributed by atoms with Crippen molar-refractivity contribution in [2.45, 2.75) is 53.6 Å². The summed E-state index contributed by atoms with van der Waals surface area (Å²) in [6, 6.07) is 0.450. The molecule has 4 nitrogen and oxygen atoms in total. The van der Waals surface area contributed by atoms with Crippen molar-refractivity contribution < 1.29 is 9.47 Å². The fourth-order valence-electron chi connectivity index (χ4n) is 2.07. The van der Waals surface area contributed by atoms with Crippen LogP contribution in [0.1, 0.15) is 41.5 Å². The van der Waals surface area contributed by atoms with E-state index >= 15 is 0 Å². The molecule has 0 aromatic heterocycles. The molecule has 4 heteroatoms. The molecule has 2 heterocycles. The highest BCUT2D eigenvalue weighted by molar-refractivity contribution is 6.05. The Kier molecular flexibility index (Phi) is 3.16. The van der Waals surface area contributed by atoms with E-state index in [1.165, 1.54) is 0 Å². The monoisotopic (exact) mass is 252 g/mol. The van der Waals surface area contributed by atoms with Crippen molar-refractivity contribution in [2.24, 2.45) is 20.8 Å². The Morgan fingerprint density at radius 3 is 1.94 bits per heavy atom. The average Bonchev–Trinajstić information content (AvgIpc) is 2.83. The summed E-state index contributed by atoms with van der Waals surface area (Å²) in [7, 11) is 0. The molecule has 0 aliphatic carbocycles. The second kappa shape index (κ2) is 4.25. The first-order valence-corrected chi connectivity index (χ1v) is 6.63. The normalized spacial score (nSPS) is 28.6. The molecule has 0 radical (unpaired) electrons. The molecule has 0 saturated carbocycles. The van der Waals surface area contributed by atoms with Crippen LogP contribution in [-0.4, -0.2) is 37.1 Å². The lowest BCUT2D eigenvalue weighted by Crippen LogP contribution is -2.34. The number of hydrogen-bond donors (Lipinski definition) is 0. The van der Waals surface area contributed by atoms with E-state index in [-0.39, 0.29) is 22.9 Å².